The van der Waals surface area contributed by atoms with Crippen molar-refractivity contribution in [3.63, 3.8) is 0 Å². The number of pyridine rings is 1. The Labute approximate surface area is 192 Å². The Morgan fingerprint density at radius 3 is 2.62 bits per heavy atom. The number of nitrogens with two attached hydrogens (primary N) is 2. The maximum Gasteiger partial charge on any atom is 0.316 e. The molecule has 7 nitrogen and oxygen atoms in total. The Bertz CT molecular complexity index is 1330. The van der Waals surface area contributed by atoms with Crippen molar-refractivity contribution in [2.45, 2.75) is 13.0 Å². The minimum atomic E-state index is -0.742. The van der Waals surface area contributed by atoms with E-state index in [9.17, 15) is 9.18 Å². The number of carbonyl (C=O) groups excluding carboxylic acids is 1. The molecule has 4 aromatic rings. The maximum absolute atomic E-state index is 13.9. The Morgan fingerprint density at radius 1 is 1.22 bits per heavy atom. The third-order valence-corrected chi connectivity index (χ3v) is 5.56. The molecule has 1 atom stereocenters. The molecule has 0 aliphatic heterocycles. The summed E-state index contributed by atoms with van der Waals surface area (Å²) in [6.45, 7) is 1.67. The third-order valence-electron chi connectivity index (χ3n) is 4.85. The molecule has 2 aromatic carbocycles. The molecule has 32 heavy (non-hydrogen) atoms. The summed E-state index contributed by atoms with van der Waals surface area (Å²) in [4.78, 5) is 15.2. The fraction of sp³-hybridized carbons (Fsp3) is 0.0909. The lowest BCUT2D eigenvalue weighted by atomic mass is 10.1. The second-order valence-corrected chi connectivity index (χ2v) is 7.73. The van der Waals surface area contributed by atoms with E-state index in [1.54, 1.807) is 43.6 Å². The number of halogens is 3. The van der Waals surface area contributed by atoms with Crippen LogP contribution in [0.15, 0.2) is 53.3 Å². The number of primary amides is 1. The molecule has 2 aromatic heterocycles. The van der Waals surface area contributed by atoms with Gasteiger partial charge >= 0.3 is 6.03 Å². The van der Waals surface area contributed by atoms with Crippen LogP contribution in [0.2, 0.25) is 10.0 Å². The van der Waals surface area contributed by atoms with Crippen molar-refractivity contribution in [2.75, 3.05) is 11.1 Å². The molecule has 0 radical (unpaired) electrons. The molecule has 2 amide bonds. The minimum Gasteiger partial charge on any atom is -0.478 e. The van der Waals surface area contributed by atoms with Gasteiger partial charge in [0.15, 0.2) is 11.4 Å². The van der Waals surface area contributed by atoms with E-state index in [2.05, 4.69) is 10.3 Å². The highest BCUT2D eigenvalue weighted by Gasteiger charge is 2.23. The van der Waals surface area contributed by atoms with Crippen LogP contribution in [0.5, 0.6) is 5.75 Å². The number of aromatic nitrogens is 1. The van der Waals surface area contributed by atoms with E-state index in [-0.39, 0.29) is 27.2 Å². The summed E-state index contributed by atoms with van der Waals surface area (Å²) >= 11 is 12.3. The number of hydrogen-bond donors (Lipinski definition) is 3. The molecule has 10 heteroatoms. The summed E-state index contributed by atoms with van der Waals surface area (Å²) in [7, 11) is 0. The predicted molar refractivity (Wildman–Crippen MR) is 123 cm³/mol. The van der Waals surface area contributed by atoms with Crippen LogP contribution in [0.25, 0.3) is 22.1 Å². The lowest BCUT2D eigenvalue weighted by Gasteiger charge is -2.18. The van der Waals surface area contributed by atoms with Gasteiger partial charge in [0.25, 0.3) is 0 Å². The van der Waals surface area contributed by atoms with Crippen LogP contribution >= 0.6 is 23.2 Å². The monoisotopic (exact) mass is 474 g/mol. The molecule has 4 rings (SSSR count). The summed E-state index contributed by atoms with van der Waals surface area (Å²) in [5, 5.41) is 3.27. The molecular formula is C22H17Cl2FN4O3. The lowest BCUT2D eigenvalue weighted by Crippen LogP contribution is -2.19. The molecule has 0 spiro atoms. The van der Waals surface area contributed by atoms with Crippen LogP contribution in [-0.2, 0) is 0 Å². The Morgan fingerprint density at radius 2 is 1.94 bits per heavy atom. The van der Waals surface area contributed by atoms with Gasteiger partial charge in [0.2, 0.25) is 5.75 Å². The van der Waals surface area contributed by atoms with Gasteiger partial charge in [-0.25, -0.2) is 14.2 Å². The number of hydrogen-bond acceptors (Lipinski definition) is 5. The number of rotatable bonds is 5. The van der Waals surface area contributed by atoms with Crippen molar-refractivity contribution in [3.05, 3.63) is 70.3 Å². The van der Waals surface area contributed by atoms with Crippen molar-refractivity contribution >= 4 is 51.7 Å². The molecule has 164 valence electrons. The standard InChI is InChI=1S/C22H17Cl2FN4O3/c1-10(17-15(23)6-7-16(25)18(17)24)32-20-19-13(8-28-21(20)26)14(9-31-19)11-2-4-12(5-3-11)29-22(27)30/h2-10H,1H3,(H2,26,28)(H3,27,29,30). The highest BCUT2D eigenvalue weighted by Crippen LogP contribution is 2.41. The number of ether oxygens (including phenoxy) is 1. The fourth-order valence-corrected chi connectivity index (χ4v) is 4.02. The molecule has 1 unspecified atom stereocenters. The maximum atomic E-state index is 13.9. The topological polar surface area (TPSA) is 116 Å². The molecule has 5 N–H and O–H groups in total. The summed E-state index contributed by atoms with van der Waals surface area (Å²) in [5.41, 5.74) is 13.9. The van der Waals surface area contributed by atoms with Crippen LogP contribution in [0.3, 0.4) is 0 Å². The van der Waals surface area contributed by atoms with Crippen LogP contribution in [0.1, 0.15) is 18.6 Å². The number of nitrogens with one attached hydrogen (secondary N) is 1. The van der Waals surface area contributed by atoms with Crippen molar-refractivity contribution in [1.82, 2.24) is 4.98 Å². The first kappa shape index (κ1) is 21.7. The second kappa shape index (κ2) is 8.57. The van der Waals surface area contributed by atoms with E-state index in [1.807, 2.05) is 0 Å². The number of benzene rings is 2. The van der Waals surface area contributed by atoms with Crippen molar-refractivity contribution in [1.29, 1.82) is 0 Å². The fourth-order valence-electron chi connectivity index (χ4n) is 3.34. The number of nitrogens with zero attached hydrogens (tertiary/aromatic N) is 1. The molecule has 0 fully saturated rings. The van der Waals surface area contributed by atoms with E-state index in [1.165, 1.54) is 12.1 Å². The number of amides is 2. The lowest BCUT2D eigenvalue weighted by molar-refractivity contribution is 0.227. The number of carbonyl (C=O) groups is 1. The minimum absolute atomic E-state index is 0.0925. The average molecular weight is 475 g/mol. The third kappa shape index (κ3) is 4.02. The van der Waals surface area contributed by atoms with Gasteiger partial charge in [-0.05, 0) is 36.8 Å². The summed E-state index contributed by atoms with van der Waals surface area (Å²) in [5.74, 6) is -0.333. The van der Waals surface area contributed by atoms with Gasteiger partial charge in [-0.3, -0.25) is 0 Å². The van der Waals surface area contributed by atoms with Gasteiger partial charge in [0.05, 0.1) is 16.7 Å². The molecular weight excluding hydrogens is 458 g/mol. The van der Waals surface area contributed by atoms with Crippen molar-refractivity contribution in [2.24, 2.45) is 5.73 Å². The van der Waals surface area contributed by atoms with Crippen LogP contribution in [0.4, 0.5) is 20.7 Å². The SMILES string of the molecule is CC(Oc1c(N)ncc2c(-c3ccc(NC(N)=O)cc3)coc12)c1c(Cl)ccc(F)c1Cl. The summed E-state index contributed by atoms with van der Waals surface area (Å²) in [6.07, 6.45) is 2.37. The number of nitrogen functional groups attached to an aromatic ring is 1. The van der Waals surface area contributed by atoms with Crippen LogP contribution < -0.4 is 21.5 Å². The molecule has 0 aliphatic rings. The van der Waals surface area contributed by atoms with E-state index in [0.29, 0.717) is 16.7 Å². The number of urea groups is 1. The number of furan rings is 1. The normalized spacial score (nSPS) is 12.0. The van der Waals surface area contributed by atoms with Gasteiger partial charge in [-0.15, -0.1) is 0 Å². The van der Waals surface area contributed by atoms with E-state index < -0.39 is 18.0 Å². The van der Waals surface area contributed by atoms with Crippen molar-refractivity contribution in [3.8, 4) is 16.9 Å². The Balaban J connectivity index is 1.72. The van der Waals surface area contributed by atoms with Crippen LogP contribution in [0, 0.1) is 5.82 Å². The van der Waals surface area contributed by atoms with Gasteiger partial charge < -0.3 is 25.9 Å². The molecule has 0 saturated heterocycles. The quantitative estimate of drug-likeness (QED) is 0.299. The van der Waals surface area contributed by atoms with E-state index >= 15 is 0 Å². The zero-order chi connectivity index (χ0) is 23.0. The predicted octanol–water partition coefficient (Wildman–Crippen LogP) is 6.15. The largest absolute Gasteiger partial charge is 0.478 e. The highest BCUT2D eigenvalue weighted by molar-refractivity contribution is 6.36. The van der Waals surface area contributed by atoms with Crippen molar-refractivity contribution < 1.29 is 18.3 Å². The van der Waals surface area contributed by atoms with Gasteiger partial charge in [-0.1, -0.05) is 35.3 Å². The smallest absolute Gasteiger partial charge is 0.316 e. The zero-order valence-corrected chi connectivity index (χ0v) is 18.2. The molecule has 0 aliphatic carbocycles. The first-order valence-corrected chi connectivity index (χ1v) is 10.1. The van der Waals surface area contributed by atoms with Gasteiger partial charge in [0, 0.05) is 28.0 Å². The Kier molecular flexibility index (Phi) is 5.82. The average Bonchev–Trinajstić information content (AvgIpc) is 3.17. The summed E-state index contributed by atoms with van der Waals surface area (Å²) < 4.78 is 25.7. The van der Waals surface area contributed by atoms with E-state index in [4.69, 9.17) is 43.8 Å². The van der Waals surface area contributed by atoms with Gasteiger partial charge in [-0.2, -0.15) is 0 Å². The van der Waals surface area contributed by atoms with Gasteiger partial charge in [0.1, 0.15) is 11.9 Å². The molecule has 2 heterocycles. The molecule has 0 saturated carbocycles. The zero-order valence-electron chi connectivity index (χ0n) is 16.7. The second-order valence-electron chi connectivity index (χ2n) is 6.95. The highest BCUT2D eigenvalue weighted by atomic mass is 35.5. The summed E-state index contributed by atoms with van der Waals surface area (Å²) in [6, 6.07) is 8.93. The van der Waals surface area contributed by atoms with Crippen LogP contribution in [-0.4, -0.2) is 11.0 Å². The number of anilines is 2. The first-order valence-electron chi connectivity index (χ1n) is 9.39. The number of fused-ring (bicyclic) bond motifs is 1. The van der Waals surface area contributed by atoms with E-state index in [0.717, 1.165) is 11.1 Å². The first-order chi connectivity index (χ1) is 15.3. The molecule has 0 bridgehead atoms. The Hall–Kier alpha value is -3.49.